The second-order valence-corrected chi connectivity index (χ2v) is 8.31. The summed E-state index contributed by atoms with van der Waals surface area (Å²) in [7, 11) is -2.89. The van der Waals surface area contributed by atoms with Crippen LogP contribution in [0.5, 0.6) is 0 Å². The van der Waals surface area contributed by atoms with Crippen molar-refractivity contribution in [2.24, 2.45) is 10.9 Å². The lowest BCUT2D eigenvalue weighted by atomic mass is 10.2. The van der Waals surface area contributed by atoms with Gasteiger partial charge >= 0.3 is 0 Å². The average molecular weight is 327 g/mol. The predicted molar refractivity (Wildman–Crippen MR) is 87.7 cm³/mol. The zero-order chi connectivity index (χ0) is 16.0. The normalized spacial score (nSPS) is 21.2. The van der Waals surface area contributed by atoms with Gasteiger partial charge < -0.3 is 15.1 Å². The predicted octanol–water partition coefficient (Wildman–Crippen LogP) is 1.20. The van der Waals surface area contributed by atoms with Gasteiger partial charge in [-0.15, -0.1) is 0 Å². The van der Waals surface area contributed by atoms with Crippen molar-refractivity contribution in [2.45, 2.75) is 32.7 Å². The summed E-state index contributed by atoms with van der Waals surface area (Å²) in [5.41, 5.74) is 0. The van der Waals surface area contributed by atoms with E-state index in [1.165, 1.54) is 0 Å². The van der Waals surface area contributed by atoms with Crippen LogP contribution in [0.25, 0.3) is 0 Å². The van der Waals surface area contributed by atoms with Crippen molar-refractivity contribution in [3.05, 3.63) is 24.2 Å². The lowest BCUT2D eigenvalue weighted by molar-refractivity contribution is 0.506. The highest BCUT2D eigenvalue weighted by Crippen LogP contribution is 2.11. The molecule has 1 aliphatic heterocycles. The Kier molecular flexibility index (Phi) is 5.88. The molecule has 0 bridgehead atoms. The number of hydrogen-bond donors (Lipinski definition) is 2. The van der Waals surface area contributed by atoms with E-state index in [4.69, 9.17) is 4.42 Å². The summed E-state index contributed by atoms with van der Waals surface area (Å²) in [6.07, 6.45) is 3.06. The van der Waals surface area contributed by atoms with Gasteiger partial charge in [-0.1, -0.05) is 13.8 Å². The minimum Gasteiger partial charge on any atom is -0.469 e. The van der Waals surface area contributed by atoms with E-state index in [9.17, 15) is 8.42 Å². The SMILES string of the molecule is CC(C)CN=C(NCCc1ccco1)NC1CCS(=O)(=O)C1. The summed E-state index contributed by atoms with van der Waals surface area (Å²) < 4.78 is 28.4. The van der Waals surface area contributed by atoms with Crippen LogP contribution in [0, 0.1) is 5.92 Å². The number of nitrogens with one attached hydrogen (secondary N) is 2. The minimum atomic E-state index is -2.89. The molecule has 0 amide bonds. The lowest BCUT2D eigenvalue weighted by Crippen LogP contribution is -2.44. The number of hydrogen-bond acceptors (Lipinski definition) is 4. The molecule has 6 nitrogen and oxygen atoms in total. The second kappa shape index (κ2) is 7.67. The van der Waals surface area contributed by atoms with Crippen LogP contribution >= 0.6 is 0 Å². The molecule has 0 aromatic carbocycles. The summed E-state index contributed by atoms with van der Waals surface area (Å²) in [6, 6.07) is 3.75. The van der Waals surface area contributed by atoms with Gasteiger partial charge in [-0.2, -0.15) is 0 Å². The van der Waals surface area contributed by atoms with Crippen LogP contribution in [-0.4, -0.2) is 45.0 Å². The Morgan fingerprint density at radius 1 is 1.50 bits per heavy atom. The van der Waals surface area contributed by atoms with Crippen molar-refractivity contribution in [1.82, 2.24) is 10.6 Å². The van der Waals surface area contributed by atoms with Crippen LogP contribution in [-0.2, 0) is 16.3 Å². The third-order valence-electron chi connectivity index (χ3n) is 3.43. The van der Waals surface area contributed by atoms with Crippen LogP contribution in [0.2, 0.25) is 0 Å². The van der Waals surface area contributed by atoms with E-state index >= 15 is 0 Å². The van der Waals surface area contributed by atoms with Gasteiger partial charge in [0.25, 0.3) is 0 Å². The molecule has 7 heteroatoms. The maximum Gasteiger partial charge on any atom is 0.191 e. The van der Waals surface area contributed by atoms with Gasteiger partial charge in [-0.3, -0.25) is 4.99 Å². The monoisotopic (exact) mass is 327 g/mol. The Hall–Kier alpha value is -1.50. The van der Waals surface area contributed by atoms with Gasteiger partial charge in [0.1, 0.15) is 5.76 Å². The average Bonchev–Trinajstić information content (AvgIpc) is 3.05. The molecule has 1 unspecified atom stereocenters. The lowest BCUT2D eigenvalue weighted by Gasteiger charge is -2.17. The molecule has 2 rings (SSSR count). The van der Waals surface area contributed by atoms with Gasteiger partial charge in [0.15, 0.2) is 15.8 Å². The summed E-state index contributed by atoms with van der Waals surface area (Å²) >= 11 is 0. The molecule has 1 aromatic heterocycles. The van der Waals surface area contributed by atoms with E-state index < -0.39 is 9.84 Å². The summed E-state index contributed by atoms with van der Waals surface area (Å²) in [5, 5.41) is 6.49. The van der Waals surface area contributed by atoms with Crippen molar-refractivity contribution in [3.8, 4) is 0 Å². The first kappa shape index (κ1) is 16.9. The van der Waals surface area contributed by atoms with Crippen LogP contribution in [0.3, 0.4) is 0 Å². The maximum atomic E-state index is 11.5. The summed E-state index contributed by atoms with van der Waals surface area (Å²) in [4.78, 5) is 4.52. The number of furan rings is 1. The summed E-state index contributed by atoms with van der Waals surface area (Å²) in [5.74, 6) is 2.50. The Balaban J connectivity index is 1.86. The van der Waals surface area contributed by atoms with Crippen molar-refractivity contribution in [3.63, 3.8) is 0 Å². The van der Waals surface area contributed by atoms with E-state index in [2.05, 4.69) is 29.5 Å². The topological polar surface area (TPSA) is 83.7 Å². The molecule has 0 radical (unpaired) electrons. The first-order valence-electron chi connectivity index (χ1n) is 7.72. The van der Waals surface area contributed by atoms with E-state index in [-0.39, 0.29) is 17.5 Å². The molecule has 124 valence electrons. The van der Waals surface area contributed by atoms with Gasteiger partial charge in [-0.05, 0) is 24.5 Å². The van der Waals surface area contributed by atoms with Crippen LogP contribution < -0.4 is 10.6 Å². The highest BCUT2D eigenvalue weighted by molar-refractivity contribution is 7.91. The molecule has 1 fully saturated rings. The van der Waals surface area contributed by atoms with Crippen molar-refractivity contribution in [1.29, 1.82) is 0 Å². The molecule has 22 heavy (non-hydrogen) atoms. The van der Waals surface area contributed by atoms with Gasteiger partial charge in [0, 0.05) is 25.6 Å². The molecule has 0 aliphatic carbocycles. The standard InChI is InChI=1S/C15H25N3O3S/c1-12(2)10-17-15(16-7-5-14-4-3-8-21-14)18-13-6-9-22(19,20)11-13/h3-4,8,12-13H,5-7,9-11H2,1-2H3,(H2,16,17,18). The van der Waals surface area contributed by atoms with Crippen LogP contribution in [0.4, 0.5) is 0 Å². The first-order valence-corrected chi connectivity index (χ1v) is 9.54. The number of nitrogens with zero attached hydrogens (tertiary/aromatic N) is 1. The van der Waals surface area contributed by atoms with Crippen molar-refractivity contribution in [2.75, 3.05) is 24.6 Å². The fourth-order valence-electron chi connectivity index (χ4n) is 2.29. The van der Waals surface area contributed by atoms with Gasteiger partial charge in [0.2, 0.25) is 0 Å². The zero-order valence-corrected chi connectivity index (χ0v) is 14.0. The molecule has 1 aliphatic rings. The second-order valence-electron chi connectivity index (χ2n) is 6.08. The quantitative estimate of drug-likeness (QED) is 0.606. The molecule has 0 spiro atoms. The van der Waals surface area contributed by atoms with Crippen LogP contribution in [0.15, 0.2) is 27.8 Å². The summed E-state index contributed by atoms with van der Waals surface area (Å²) in [6.45, 7) is 5.60. The Bertz CT molecular complexity index is 579. The first-order chi connectivity index (χ1) is 10.4. The highest BCUT2D eigenvalue weighted by Gasteiger charge is 2.28. The molecule has 0 saturated carbocycles. The zero-order valence-electron chi connectivity index (χ0n) is 13.2. The third kappa shape index (κ3) is 5.71. The van der Waals surface area contributed by atoms with Crippen molar-refractivity contribution < 1.29 is 12.8 Å². The molecule has 1 atom stereocenters. The molecular weight excluding hydrogens is 302 g/mol. The maximum absolute atomic E-state index is 11.5. The molecule has 2 heterocycles. The number of guanidine groups is 1. The molecule has 2 N–H and O–H groups in total. The largest absolute Gasteiger partial charge is 0.469 e. The number of sulfone groups is 1. The Labute approximate surface area is 132 Å². The Morgan fingerprint density at radius 3 is 2.91 bits per heavy atom. The highest BCUT2D eigenvalue weighted by atomic mass is 32.2. The van der Waals surface area contributed by atoms with E-state index in [0.29, 0.717) is 31.4 Å². The van der Waals surface area contributed by atoms with Crippen LogP contribution in [0.1, 0.15) is 26.0 Å². The molecule has 1 saturated heterocycles. The Morgan fingerprint density at radius 2 is 2.32 bits per heavy atom. The van der Waals surface area contributed by atoms with Gasteiger partial charge in [-0.25, -0.2) is 8.42 Å². The number of aliphatic imine (C=N–C) groups is 1. The van der Waals surface area contributed by atoms with E-state index in [1.54, 1.807) is 6.26 Å². The van der Waals surface area contributed by atoms with Gasteiger partial charge in [0.05, 0.1) is 17.8 Å². The van der Waals surface area contributed by atoms with Crippen molar-refractivity contribution >= 4 is 15.8 Å². The minimum absolute atomic E-state index is 0.0491. The number of rotatable bonds is 6. The van der Waals surface area contributed by atoms with E-state index in [0.717, 1.165) is 12.2 Å². The molecule has 1 aromatic rings. The fourth-order valence-corrected chi connectivity index (χ4v) is 3.96. The smallest absolute Gasteiger partial charge is 0.191 e. The fraction of sp³-hybridized carbons (Fsp3) is 0.667. The third-order valence-corrected chi connectivity index (χ3v) is 5.20. The molecular formula is C15H25N3O3S. The van der Waals surface area contributed by atoms with E-state index in [1.807, 2.05) is 12.1 Å².